The molecule has 0 aromatic heterocycles. The Balaban J connectivity index is 2.09. The summed E-state index contributed by atoms with van der Waals surface area (Å²) in [5, 5.41) is 3.70. The van der Waals surface area contributed by atoms with Crippen LogP contribution < -0.4 is 5.32 Å². The van der Waals surface area contributed by atoms with Crippen LogP contribution in [0.1, 0.15) is 30.7 Å². The highest BCUT2D eigenvalue weighted by Crippen LogP contribution is 2.24. The Kier molecular flexibility index (Phi) is 3.27. The van der Waals surface area contributed by atoms with Gasteiger partial charge in [0, 0.05) is 23.9 Å². The minimum Gasteiger partial charge on any atom is -0.355 e. The Labute approximate surface area is 94.6 Å². The average Bonchev–Trinajstić information content (AvgIpc) is 2.44. The van der Waals surface area contributed by atoms with Crippen molar-refractivity contribution in [2.45, 2.75) is 25.2 Å². The van der Waals surface area contributed by atoms with Crippen LogP contribution in [0.4, 0.5) is 0 Å². The summed E-state index contributed by atoms with van der Waals surface area (Å²) in [5.41, 5.74) is 1.27. The van der Waals surface area contributed by atoms with Crippen molar-refractivity contribution in [3.8, 4) is 0 Å². The highest BCUT2D eigenvalue weighted by molar-refractivity contribution is 6.30. The molecule has 80 valence electrons. The first kappa shape index (κ1) is 10.5. The fourth-order valence-electron chi connectivity index (χ4n) is 1.96. The largest absolute Gasteiger partial charge is 0.355 e. The maximum absolute atomic E-state index is 11.2. The average molecular weight is 224 g/mol. The third kappa shape index (κ3) is 2.72. The van der Waals surface area contributed by atoms with Crippen LogP contribution in [0.15, 0.2) is 24.3 Å². The van der Waals surface area contributed by atoms with Gasteiger partial charge in [0.25, 0.3) is 0 Å². The van der Waals surface area contributed by atoms with E-state index in [0.29, 0.717) is 12.3 Å². The summed E-state index contributed by atoms with van der Waals surface area (Å²) in [7, 11) is 0. The topological polar surface area (TPSA) is 29.1 Å². The van der Waals surface area contributed by atoms with Gasteiger partial charge in [-0.1, -0.05) is 23.7 Å². The lowest BCUT2D eigenvalue weighted by Crippen LogP contribution is -2.24. The van der Waals surface area contributed by atoms with Gasteiger partial charge in [-0.2, -0.15) is 0 Å². The van der Waals surface area contributed by atoms with Gasteiger partial charge in [0.15, 0.2) is 0 Å². The van der Waals surface area contributed by atoms with E-state index >= 15 is 0 Å². The Morgan fingerprint density at radius 3 is 2.73 bits per heavy atom. The first-order chi connectivity index (χ1) is 7.25. The van der Waals surface area contributed by atoms with Gasteiger partial charge >= 0.3 is 0 Å². The second-order valence-corrected chi connectivity index (χ2v) is 4.38. The van der Waals surface area contributed by atoms with Crippen LogP contribution in [-0.2, 0) is 4.79 Å². The number of halogens is 1. The predicted octanol–water partition coefficient (Wildman–Crippen LogP) is 2.72. The first-order valence-electron chi connectivity index (χ1n) is 5.28. The molecule has 1 amide bonds. The zero-order valence-corrected chi connectivity index (χ0v) is 9.26. The zero-order valence-electron chi connectivity index (χ0n) is 8.50. The van der Waals surface area contributed by atoms with Gasteiger partial charge in [-0.3, -0.25) is 4.79 Å². The third-order valence-electron chi connectivity index (χ3n) is 2.84. The van der Waals surface area contributed by atoms with Gasteiger partial charge < -0.3 is 5.32 Å². The van der Waals surface area contributed by atoms with Crippen molar-refractivity contribution >= 4 is 17.5 Å². The minimum absolute atomic E-state index is 0.173. The highest BCUT2D eigenvalue weighted by atomic mass is 35.5. The van der Waals surface area contributed by atoms with Crippen molar-refractivity contribution in [2.75, 3.05) is 6.54 Å². The van der Waals surface area contributed by atoms with Crippen molar-refractivity contribution in [3.63, 3.8) is 0 Å². The number of nitrogens with one attached hydrogen (secondary N) is 1. The molecule has 2 rings (SSSR count). The van der Waals surface area contributed by atoms with Crippen molar-refractivity contribution in [1.29, 1.82) is 0 Å². The fraction of sp³-hybridized carbons (Fsp3) is 0.417. The van der Waals surface area contributed by atoms with E-state index in [1.165, 1.54) is 5.56 Å². The van der Waals surface area contributed by atoms with E-state index in [2.05, 4.69) is 5.32 Å². The highest BCUT2D eigenvalue weighted by Gasteiger charge is 2.16. The Bertz CT molecular complexity index is 347. The van der Waals surface area contributed by atoms with E-state index in [0.717, 1.165) is 24.4 Å². The van der Waals surface area contributed by atoms with E-state index in [9.17, 15) is 4.79 Å². The molecule has 0 spiro atoms. The van der Waals surface area contributed by atoms with E-state index in [4.69, 9.17) is 11.6 Å². The molecule has 3 heteroatoms. The number of carbonyl (C=O) groups is 1. The minimum atomic E-state index is 0.173. The molecular formula is C12H14ClNO. The van der Waals surface area contributed by atoms with Crippen LogP contribution in [0, 0.1) is 0 Å². The molecule has 1 unspecified atom stereocenters. The summed E-state index contributed by atoms with van der Waals surface area (Å²) in [6.45, 7) is 0.750. The van der Waals surface area contributed by atoms with Crippen LogP contribution in [0.2, 0.25) is 5.02 Å². The number of amides is 1. The number of carbonyl (C=O) groups excluding carboxylic acids is 1. The number of hydrogen-bond donors (Lipinski definition) is 1. The van der Waals surface area contributed by atoms with Gasteiger partial charge in [0.2, 0.25) is 5.91 Å². The monoisotopic (exact) mass is 223 g/mol. The molecule has 0 saturated carbocycles. The molecule has 15 heavy (non-hydrogen) atoms. The molecule has 0 radical (unpaired) electrons. The van der Waals surface area contributed by atoms with E-state index < -0.39 is 0 Å². The number of rotatable bonds is 1. The van der Waals surface area contributed by atoms with Crippen molar-refractivity contribution < 1.29 is 4.79 Å². The molecule has 0 bridgehead atoms. The summed E-state index contributed by atoms with van der Waals surface area (Å²) in [4.78, 5) is 11.2. The molecule has 1 atom stereocenters. The standard InChI is InChI=1S/C12H14ClNO/c13-11-6-4-9(5-7-11)10-2-1-3-12(15)14-8-10/h4-7,10H,1-3,8H2,(H,14,15). The molecule has 1 aromatic rings. The van der Waals surface area contributed by atoms with Gasteiger partial charge in [-0.15, -0.1) is 0 Å². The molecule has 1 heterocycles. The maximum atomic E-state index is 11.2. The van der Waals surface area contributed by atoms with E-state index in [-0.39, 0.29) is 5.91 Å². The second-order valence-electron chi connectivity index (χ2n) is 3.94. The van der Waals surface area contributed by atoms with Crippen molar-refractivity contribution in [3.05, 3.63) is 34.9 Å². The lowest BCUT2D eigenvalue weighted by molar-refractivity contribution is -0.120. The van der Waals surface area contributed by atoms with Gasteiger partial charge in [-0.05, 0) is 30.5 Å². The van der Waals surface area contributed by atoms with E-state index in [1.807, 2.05) is 24.3 Å². The van der Waals surface area contributed by atoms with Crippen LogP contribution in [-0.4, -0.2) is 12.5 Å². The zero-order chi connectivity index (χ0) is 10.7. The summed E-state index contributed by atoms with van der Waals surface area (Å²) in [6.07, 6.45) is 2.70. The predicted molar refractivity (Wildman–Crippen MR) is 61.1 cm³/mol. The summed E-state index contributed by atoms with van der Waals surface area (Å²) in [5.74, 6) is 0.611. The smallest absolute Gasteiger partial charge is 0.220 e. The molecule has 1 aliphatic heterocycles. The second kappa shape index (κ2) is 4.67. The van der Waals surface area contributed by atoms with Crippen LogP contribution in [0.3, 0.4) is 0 Å². The van der Waals surface area contributed by atoms with Crippen molar-refractivity contribution in [2.24, 2.45) is 0 Å². The normalized spacial score (nSPS) is 21.9. The quantitative estimate of drug-likeness (QED) is 0.780. The van der Waals surface area contributed by atoms with Gasteiger partial charge in [0.05, 0.1) is 0 Å². The first-order valence-corrected chi connectivity index (χ1v) is 5.65. The number of benzene rings is 1. The summed E-state index contributed by atoms with van der Waals surface area (Å²) < 4.78 is 0. The fourth-order valence-corrected chi connectivity index (χ4v) is 2.08. The molecule has 1 aromatic carbocycles. The van der Waals surface area contributed by atoms with Gasteiger partial charge in [0.1, 0.15) is 0 Å². The summed E-state index contributed by atoms with van der Waals surface area (Å²) >= 11 is 5.84. The molecule has 1 saturated heterocycles. The lowest BCUT2D eigenvalue weighted by Gasteiger charge is -2.14. The lowest BCUT2D eigenvalue weighted by atomic mass is 9.95. The molecule has 1 aliphatic rings. The molecule has 0 aliphatic carbocycles. The molecule has 2 nitrogen and oxygen atoms in total. The molecule has 1 N–H and O–H groups in total. The Hall–Kier alpha value is -1.02. The Morgan fingerprint density at radius 1 is 1.27 bits per heavy atom. The third-order valence-corrected chi connectivity index (χ3v) is 3.10. The van der Waals surface area contributed by atoms with Crippen molar-refractivity contribution in [1.82, 2.24) is 5.32 Å². The van der Waals surface area contributed by atoms with Crippen LogP contribution >= 0.6 is 11.6 Å². The van der Waals surface area contributed by atoms with E-state index in [1.54, 1.807) is 0 Å². The molecular weight excluding hydrogens is 210 g/mol. The Morgan fingerprint density at radius 2 is 2.00 bits per heavy atom. The maximum Gasteiger partial charge on any atom is 0.220 e. The van der Waals surface area contributed by atoms with Gasteiger partial charge in [-0.25, -0.2) is 0 Å². The molecule has 1 fully saturated rings. The number of hydrogen-bond acceptors (Lipinski definition) is 1. The SMILES string of the molecule is O=C1CCCC(c2ccc(Cl)cc2)CN1. The van der Waals surface area contributed by atoms with Crippen LogP contribution in [0.5, 0.6) is 0 Å². The summed E-state index contributed by atoms with van der Waals surface area (Å²) in [6, 6.07) is 7.90. The van der Waals surface area contributed by atoms with Crippen LogP contribution in [0.25, 0.3) is 0 Å².